The topological polar surface area (TPSA) is 38.9 Å². The molecule has 0 bridgehead atoms. The Balaban J connectivity index is 1.77. The highest BCUT2D eigenvalue weighted by Gasteiger charge is 2.16. The molecule has 0 radical (unpaired) electrons. The molecule has 3 rings (SSSR count). The molecule has 1 aromatic heterocycles. The molecule has 2 N–H and O–H groups in total. The van der Waals surface area contributed by atoms with E-state index in [1.54, 1.807) is 11.3 Å². The minimum absolute atomic E-state index is 0.867. The Morgan fingerprint density at radius 2 is 2.18 bits per heavy atom. The van der Waals surface area contributed by atoms with Gasteiger partial charge in [0.2, 0.25) is 0 Å². The summed E-state index contributed by atoms with van der Waals surface area (Å²) in [5.41, 5.74) is 9.88. The summed E-state index contributed by atoms with van der Waals surface area (Å²) in [5, 5.41) is 0. The van der Waals surface area contributed by atoms with Gasteiger partial charge in [-0.25, -0.2) is 4.98 Å². The molecule has 2 nitrogen and oxygen atoms in total. The van der Waals surface area contributed by atoms with Crippen LogP contribution in [0.3, 0.4) is 0 Å². The maximum absolute atomic E-state index is 6.17. The number of rotatable bonds is 3. The number of benzene rings is 1. The lowest BCUT2D eigenvalue weighted by molar-refractivity contribution is 0.623. The van der Waals surface area contributed by atoms with E-state index in [9.17, 15) is 0 Å². The second-order valence-electron chi connectivity index (χ2n) is 4.64. The Bertz CT molecular complexity index is 515. The fourth-order valence-corrected chi connectivity index (χ4v) is 4.30. The van der Waals surface area contributed by atoms with Crippen LogP contribution in [0.2, 0.25) is 0 Å². The third-order valence-electron chi connectivity index (χ3n) is 3.45. The molecular formula is C13H16N2S2. The molecule has 1 saturated carbocycles. The summed E-state index contributed by atoms with van der Waals surface area (Å²) in [5.74, 6) is 2.10. The zero-order valence-corrected chi connectivity index (χ0v) is 11.3. The van der Waals surface area contributed by atoms with Crippen molar-refractivity contribution in [2.45, 2.75) is 30.6 Å². The number of hydrogen-bond donors (Lipinski definition) is 1. The molecule has 1 heterocycles. The molecule has 2 aromatic rings. The lowest BCUT2D eigenvalue weighted by Gasteiger charge is -2.10. The first-order valence-electron chi connectivity index (χ1n) is 6.09. The van der Waals surface area contributed by atoms with E-state index in [0.717, 1.165) is 17.1 Å². The summed E-state index contributed by atoms with van der Waals surface area (Å²) in [6.07, 6.45) is 5.61. The third-order valence-corrected chi connectivity index (χ3v) is 5.55. The SMILES string of the molecule is Nc1c(SCC2CCCC2)ccc2scnc12. The summed E-state index contributed by atoms with van der Waals surface area (Å²) in [7, 11) is 0. The van der Waals surface area contributed by atoms with Gasteiger partial charge in [0.25, 0.3) is 0 Å². The van der Waals surface area contributed by atoms with Gasteiger partial charge >= 0.3 is 0 Å². The summed E-state index contributed by atoms with van der Waals surface area (Å²) in [4.78, 5) is 5.54. The Morgan fingerprint density at radius 1 is 1.35 bits per heavy atom. The first-order valence-corrected chi connectivity index (χ1v) is 7.95. The quantitative estimate of drug-likeness (QED) is 0.668. The fourth-order valence-electron chi connectivity index (χ4n) is 2.44. The van der Waals surface area contributed by atoms with Crippen LogP contribution in [0.25, 0.3) is 10.2 Å². The molecule has 17 heavy (non-hydrogen) atoms. The number of thioether (sulfide) groups is 1. The van der Waals surface area contributed by atoms with Crippen LogP contribution in [0.1, 0.15) is 25.7 Å². The highest BCUT2D eigenvalue weighted by molar-refractivity contribution is 7.99. The molecule has 1 aliphatic rings. The van der Waals surface area contributed by atoms with Crippen LogP contribution in [0.15, 0.2) is 22.5 Å². The average Bonchev–Trinajstić information content (AvgIpc) is 2.99. The minimum Gasteiger partial charge on any atom is -0.396 e. The highest BCUT2D eigenvalue weighted by atomic mass is 32.2. The molecule has 0 atom stereocenters. The smallest absolute Gasteiger partial charge is 0.105 e. The van der Waals surface area contributed by atoms with Gasteiger partial charge in [-0.05, 0) is 30.9 Å². The lowest BCUT2D eigenvalue weighted by Crippen LogP contribution is -1.98. The van der Waals surface area contributed by atoms with Crippen LogP contribution >= 0.6 is 23.1 Å². The zero-order valence-electron chi connectivity index (χ0n) is 9.69. The van der Waals surface area contributed by atoms with E-state index >= 15 is 0 Å². The molecule has 1 aliphatic carbocycles. The van der Waals surface area contributed by atoms with E-state index in [4.69, 9.17) is 5.73 Å². The Morgan fingerprint density at radius 3 is 3.00 bits per heavy atom. The monoisotopic (exact) mass is 264 g/mol. The number of fused-ring (bicyclic) bond motifs is 1. The molecule has 90 valence electrons. The molecule has 0 unspecified atom stereocenters. The van der Waals surface area contributed by atoms with Crippen molar-refractivity contribution in [1.82, 2.24) is 4.98 Å². The van der Waals surface area contributed by atoms with Crippen LogP contribution in [0, 0.1) is 5.92 Å². The van der Waals surface area contributed by atoms with Gasteiger partial charge in [0.15, 0.2) is 0 Å². The van der Waals surface area contributed by atoms with Crippen LogP contribution in [0.4, 0.5) is 5.69 Å². The minimum atomic E-state index is 0.867. The Kier molecular flexibility index (Phi) is 3.25. The number of anilines is 1. The third kappa shape index (κ3) is 2.29. The summed E-state index contributed by atoms with van der Waals surface area (Å²) >= 11 is 3.56. The summed E-state index contributed by atoms with van der Waals surface area (Å²) < 4.78 is 1.19. The first-order chi connectivity index (χ1) is 8.34. The van der Waals surface area contributed by atoms with Gasteiger partial charge in [-0.1, -0.05) is 12.8 Å². The van der Waals surface area contributed by atoms with E-state index in [1.807, 2.05) is 17.3 Å². The standard InChI is InChI=1S/C13H16N2S2/c14-12-10(16-7-9-3-1-2-4-9)5-6-11-13(12)15-8-17-11/h5-6,8-9H,1-4,7,14H2. The van der Waals surface area contributed by atoms with Crippen molar-refractivity contribution in [3.63, 3.8) is 0 Å². The Labute approximate surface area is 110 Å². The van der Waals surface area contributed by atoms with Crippen molar-refractivity contribution in [2.75, 3.05) is 11.5 Å². The van der Waals surface area contributed by atoms with E-state index in [1.165, 1.54) is 41.0 Å². The molecule has 4 heteroatoms. The number of hydrogen-bond acceptors (Lipinski definition) is 4. The van der Waals surface area contributed by atoms with Gasteiger partial charge in [0.05, 0.1) is 15.9 Å². The second kappa shape index (κ2) is 4.86. The van der Waals surface area contributed by atoms with Crippen molar-refractivity contribution >= 4 is 39.0 Å². The van der Waals surface area contributed by atoms with Gasteiger partial charge in [0.1, 0.15) is 5.52 Å². The van der Waals surface area contributed by atoms with Crippen molar-refractivity contribution in [3.8, 4) is 0 Å². The normalized spacial score (nSPS) is 16.9. The van der Waals surface area contributed by atoms with Crippen molar-refractivity contribution < 1.29 is 0 Å². The predicted molar refractivity (Wildman–Crippen MR) is 76.7 cm³/mol. The van der Waals surface area contributed by atoms with Gasteiger partial charge in [-0.3, -0.25) is 0 Å². The number of nitrogens with zero attached hydrogens (tertiary/aromatic N) is 1. The van der Waals surface area contributed by atoms with E-state index in [2.05, 4.69) is 17.1 Å². The summed E-state index contributed by atoms with van der Waals surface area (Å²) in [6, 6.07) is 4.29. The molecular weight excluding hydrogens is 248 g/mol. The first kappa shape index (κ1) is 11.4. The van der Waals surface area contributed by atoms with E-state index in [0.29, 0.717) is 0 Å². The molecule has 0 spiro atoms. The lowest BCUT2D eigenvalue weighted by atomic mass is 10.1. The predicted octanol–water partition coefficient (Wildman–Crippen LogP) is 4.16. The second-order valence-corrected chi connectivity index (χ2v) is 6.59. The molecule has 0 saturated heterocycles. The van der Waals surface area contributed by atoms with Gasteiger partial charge in [-0.15, -0.1) is 23.1 Å². The van der Waals surface area contributed by atoms with Crippen LogP contribution in [-0.4, -0.2) is 10.7 Å². The van der Waals surface area contributed by atoms with E-state index in [-0.39, 0.29) is 0 Å². The van der Waals surface area contributed by atoms with Crippen LogP contribution in [-0.2, 0) is 0 Å². The maximum Gasteiger partial charge on any atom is 0.105 e. The zero-order chi connectivity index (χ0) is 11.7. The van der Waals surface area contributed by atoms with Crippen LogP contribution in [0.5, 0.6) is 0 Å². The molecule has 1 fully saturated rings. The number of thiazole rings is 1. The van der Waals surface area contributed by atoms with Gasteiger partial charge in [-0.2, -0.15) is 0 Å². The van der Waals surface area contributed by atoms with E-state index < -0.39 is 0 Å². The van der Waals surface area contributed by atoms with Crippen molar-refractivity contribution in [1.29, 1.82) is 0 Å². The fraction of sp³-hybridized carbons (Fsp3) is 0.462. The maximum atomic E-state index is 6.17. The van der Waals surface area contributed by atoms with Gasteiger partial charge < -0.3 is 5.73 Å². The summed E-state index contributed by atoms with van der Waals surface area (Å²) in [6.45, 7) is 0. The average molecular weight is 264 g/mol. The van der Waals surface area contributed by atoms with Crippen molar-refractivity contribution in [2.24, 2.45) is 5.92 Å². The Hall–Kier alpha value is -0.740. The van der Waals surface area contributed by atoms with Crippen molar-refractivity contribution in [3.05, 3.63) is 17.6 Å². The van der Waals surface area contributed by atoms with Crippen LogP contribution < -0.4 is 5.73 Å². The molecule has 1 aromatic carbocycles. The molecule has 0 amide bonds. The number of aromatic nitrogens is 1. The molecule has 0 aliphatic heterocycles. The highest BCUT2D eigenvalue weighted by Crippen LogP contribution is 2.36. The van der Waals surface area contributed by atoms with Gasteiger partial charge in [0, 0.05) is 10.6 Å². The number of nitrogen functional groups attached to an aromatic ring is 1. The number of nitrogens with two attached hydrogens (primary N) is 1. The largest absolute Gasteiger partial charge is 0.396 e.